The maximum absolute atomic E-state index is 13.3. The van der Waals surface area contributed by atoms with Crippen LogP contribution in [0.15, 0.2) is 54.6 Å². The van der Waals surface area contributed by atoms with Gasteiger partial charge in [0.1, 0.15) is 0 Å². The summed E-state index contributed by atoms with van der Waals surface area (Å²) in [4.78, 5) is 15.2. The Balaban J connectivity index is 1.38. The molecule has 6 heteroatoms. The topological polar surface area (TPSA) is 57.7 Å². The number of aryl methyl sites for hydroxylation is 2. The predicted octanol–water partition coefficient (Wildman–Crippen LogP) is 3.64. The number of amides is 1. The van der Waals surface area contributed by atoms with E-state index in [0.29, 0.717) is 19.5 Å². The van der Waals surface area contributed by atoms with Gasteiger partial charge >= 0.3 is 0 Å². The quantitative estimate of drug-likeness (QED) is 0.709. The number of carbonyl (C=O) groups is 1. The Labute approximate surface area is 179 Å². The molecular weight excluding hydrogens is 396 g/mol. The van der Waals surface area contributed by atoms with Gasteiger partial charge in [-0.05, 0) is 55.7 Å². The number of benzene rings is 2. The maximum Gasteiger partial charge on any atom is 0.231 e. The summed E-state index contributed by atoms with van der Waals surface area (Å²) in [7, 11) is -3.35. The number of sulfonamides is 1. The molecule has 2 aromatic rings. The summed E-state index contributed by atoms with van der Waals surface area (Å²) in [5, 5.41) is 0. The number of rotatable bonds is 6. The van der Waals surface area contributed by atoms with Gasteiger partial charge in [-0.15, -0.1) is 0 Å². The van der Waals surface area contributed by atoms with Gasteiger partial charge in [0.2, 0.25) is 15.9 Å². The smallest absolute Gasteiger partial charge is 0.231 e. The lowest BCUT2D eigenvalue weighted by Crippen LogP contribution is -2.48. The molecule has 0 radical (unpaired) electrons. The summed E-state index contributed by atoms with van der Waals surface area (Å²) in [5.41, 5.74) is 3.36. The first-order chi connectivity index (χ1) is 14.5. The van der Waals surface area contributed by atoms with Crippen molar-refractivity contribution in [3.8, 4) is 0 Å². The van der Waals surface area contributed by atoms with Crippen LogP contribution in [0.1, 0.15) is 36.8 Å². The SMILES string of the molecule is O=C([C@@H]1CCCN(S(=O)(=O)CCCc2ccccc2)C1)N1CCCc2ccccc21. The van der Waals surface area contributed by atoms with Crippen LogP contribution in [0.4, 0.5) is 5.69 Å². The molecule has 2 aliphatic heterocycles. The lowest BCUT2D eigenvalue weighted by Gasteiger charge is -2.36. The van der Waals surface area contributed by atoms with Crippen molar-refractivity contribution in [3.63, 3.8) is 0 Å². The van der Waals surface area contributed by atoms with Crippen molar-refractivity contribution in [3.05, 3.63) is 65.7 Å². The minimum Gasteiger partial charge on any atom is -0.312 e. The molecule has 0 bridgehead atoms. The molecule has 0 saturated carbocycles. The summed E-state index contributed by atoms with van der Waals surface area (Å²) in [6, 6.07) is 18.0. The first-order valence-corrected chi connectivity index (χ1v) is 12.6. The third-order valence-corrected chi connectivity index (χ3v) is 8.14. The van der Waals surface area contributed by atoms with Gasteiger partial charge in [-0.2, -0.15) is 0 Å². The highest BCUT2D eigenvalue weighted by atomic mass is 32.2. The van der Waals surface area contributed by atoms with Crippen LogP contribution in [-0.2, 0) is 27.7 Å². The summed E-state index contributed by atoms with van der Waals surface area (Å²) < 4.78 is 27.4. The van der Waals surface area contributed by atoms with Gasteiger partial charge in [0.05, 0.1) is 11.7 Å². The second-order valence-electron chi connectivity index (χ2n) is 8.32. The van der Waals surface area contributed by atoms with E-state index in [2.05, 4.69) is 6.07 Å². The molecule has 0 aromatic heterocycles. The number of carbonyl (C=O) groups excluding carboxylic acids is 1. The average Bonchev–Trinajstić information content (AvgIpc) is 2.79. The fraction of sp³-hybridized carbons (Fsp3) is 0.458. The van der Waals surface area contributed by atoms with Crippen LogP contribution in [-0.4, -0.2) is 44.0 Å². The Morgan fingerprint density at radius 1 is 0.967 bits per heavy atom. The zero-order valence-electron chi connectivity index (χ0n) is 17.4. The largest absolute Gasteiger partial charge is 0.312 e. The molecule has 1 saturated heterocycles. The van der Waals surface area contributed by atoms with Crippen molar-refractivity contribution in [2.75, 3.05) is 30.3 Å². The van der Waals surface area contributed by atoms with Crippen molar-refractivity contribution in [1.82, 2.24) is 4.31 Å². The Kier molecular flexibility index (Phi) is 6.54. The van der Waals surface area contributed by atoms with Gasteiger partial charge in [-0.3, -0.25) is 4.79 Å². The van der Waals surface area contributed by atoms with E-state index in [1.807, 2.05) is 53.4 Å². The number of para-hydroxylation sites is 1. The van der Waals surface area contributed by atoms with Crippen molar-refractivity contribution < 1.29 is 13.2 Å². The normalized spacial score (nSPS) is 20.0. The molecule has 1 amide bonds. The van der Waals surface area contributed by atoms with Gasteiger partial charge in [-0.1, -0.05) is 48.5 Å². The monoisotopic (exact) mass is 426 g/mol. The minimum absolute atomic E-state index is 0.0753. The second kappa shape index (κ2) is 9.31. The van der Waals surface area contributed by atoms with Crippen LogP contribution in [0.5, 0.6) is 0 Å². The molecule has 0 spiro atoms. The van der Waals surface area contributed by atoms with Crippen LogP contribution in [0, 0.1) is 5.92 Å². The van der Waals surface area contributed by atoms with Crippen LogP contribution in [0.3, 0.4) is 0 Å². The van der Waals surface area contributed by atoms with Gasteiger partial charge in [0.15, 0.2) is 0 Å². The summed E-state index contributed by atoms with van der Waals surface area (Å²) in [6.45, 7) is 1.55. The summed E-state index contributed by atoms with van der Waals surface area (Å²) in [5.74, 6) is -0.0461. The molecule has 2 aromatic carbocycles. The van der Waals surface area contributed by atoms with Crippen LogP contribution >= 0.6 is 0 Å². The van der Waals surface area contributed by atoms with E-state index in [-0.39, 0.29) is 17.6 Å². The Morgan fingerprint density at radius 3 is 2.57 bits per heavy atom. The van der Waals surface area contributed by atoms with Crippen LogP contribution in [0.25, 0.3) is 0 Å². The van der Waals surface area contributed by atoms with E-state index in [1.165, 1.54) is 5.56 Å². The summed E-state index contributed by atoms with van der Waals surface area (Å²) >= 11 is 0. The van der Waals surface area contributed by atoms with Crippen molar-refractivity contribution >= 4 is 21.6 Å². The fourth-order valence-electron chi connectivity index (χ4n) is 4.61. The van der Waals surface area contributed by atoms with Crippen molar-refractivity contribution in [2.45, 2.75) is 38.5 Å². The van der Waals surface area contributed by atoms with E-state index >= 15 is 0 Å². The van der Waals surface area contributed by atoms with Gasteiger partial charge < -0.3 is 4.90 Å². The third-order valence-electron chi connectivity index (χ3n) is 6.21. The highest BCUT2D eigenvalue weighted by Gasteiger charge is 2.35. The molecule has 2 heterocycles. The van der Waals surface area contributed by atoms with E-state index in [9.17, 15) is 13.2 Å². The molecule has 0 unspecified atom stereocenters. The number of piperidine rings is 1. The highest BCUT2D eigenvalue weighted by molar-refractivity contribution is 7.89. The minimum atomic E-state index is -3.35. The number of fused-ring (bicyclic) bond motifs is 1. The van der Waals surface area contributed by atoms with E-state index in [4.69, 9.17) is 0 Å². The lowest BCUT2D eigenvalue weighted by molar-refractivity contribution is -0.123. The Bertz CT molecular complexity index is 975. The number of nitrogens with zero attached hydrogens (tertiary/aromatic N) is 2. The van der Waals surface area contributed by atoms with Crippen molar-refractivity contribution in [1.29, 1.82) is 0 Å². The van der Waals surface area contributed by atoms with Gasteiger partial charge in [0, 0.05) is 25.3 Å². The molecule has 1 fully saturated rings. The predicted molar refractivity (Wildman–Crippen MR) is 120 cm³/mol. The lowest BCUT2D eigenvalue weighted by atomic mass is 9.95. The Morgan fingerprint density at radius 2 is 1.73 bits per heavy atom. The first-order valence-electron chi connectivity index (χ1n) is 11.0. The van der Waals surface area contributed by atoms with Gasteiger partial charge in [-0.25, -0.2) is 12.7 Å². The zero-order valence-corrected chi connectivity index (χ0v) is 18.2. The molecule has 2 aliphatic rings. The molecule has 30 heavy (non-hydrogen) atoms. The standard InChI is InChI=1S/C24H30N2O3S/c27-24(26-17-7-13-21-12-4-5-15-23(21)26)22-14-6-16-25(19-22)30(28,29)18-8-11-20-9-2-1-3-10-20/h1-5,9-10,12,15,22H,6-8,11,13-14,16-19H2/t22-/m1/s1. The van der Waals surface area contributed by atoms with Crippen LogP contribution < -0.4 is 4.90 Å². The molecule has 1 atom stereocenters. The fourth-order valence-corrected chi connectivity index (χ4v) is 6.19. The molecule has 160 valence electrons. The van der Waals surface area contributed by atoms with Crippen LogP contribution in [0.2, 0.25) is 0 Å². The van der Waals surface area contributed by atoms with E-state index in [0.717, 1.165) is 49.9 Å². The zero-order chi connectivity index (χ0) is 21.0. The summed E-state index contributed by atoms with van der Waals surface area (Å²) in [6.07, 6.45) is 4.79. The third kappa shape index (κ3) is 4.76. The van der Waals surface area contributed by atoms with E-state index in [1.54, 1.807) is 4.31 Å². The maximum atomic E-state index is 13.3. The molecule has 0 aliphatic carbocycles. The number of hydrogen-bond donors (Lipinski definition) is 0. The molecule has 5 nitrogen and oxygen atoms in total. The average molecular weight is 427 g/mol. The highest BCUT2D eigenvalue weighted by Crippen LogP contribution is 2.30. The van der Waals surface area contributed by atoms with E-state index < -0.39 is 10.0 Å². The Hall–Kier alpha value is -2.18. The number of anilines is 1. The first kappa shape index (κ1) is 21.1. The molecular formula is C24H30N2O3S. The molecule has 0 N–H and O–H groups in total. The second-order valence-corrected chi connectivity index (χ2v) is 10.4. The molecule has 4 rings (SSSR count). The van der Waals surface area contributed by atoms with Crippen molar-refractivity contribution in [2.24, 2.45) is 5.92 Å². The number of hydrogen-bond acceptors (Lipinski definition) is 3. The van der Waals surface area contributed by atoms with Gasteiger partial charge in [0.25, 0.3) is 0 Å².